The van der Waals surface area contributed by atoms with Gasteiger partial charge < -0.3 is 11.1 Å². The quantitative estimate of drug-likeness (QED) is 0.497. The number of benzene rings is 2. The van der Waals surface area contributed by atoms with E-state index < -0.39 is 0 Å². The Morgan fingerprint density at radius 3 is 2.76 bits per heavy atom. The van der Waals surface area contributed by atoms with E-state index in [-0.39, 0.29) is 0 Å². The predicted octanol–water partition coefficient (Wildman–Crippen LogP) is 7.51. The minimum atomic E-state index is 0.342. The Morgan fingerprint density at radius 2 is 1.91 bits per heavy atom. The van der Waals surface area contributed by atoms with Crippen LogP contribution in [0.3, 0.4) is 0 Å². The third-order valence-electron chi connectivity index (χ3n) is 6.35. The number of hydrogen-bond acceptors (Lipinski definition) is 2. The molecule has 5 rings (SSSR count). The van der Waals surface area contributed by atoms with Gasteiger partial charge in [-0.05, 0) is 46.9 Å². The van der Waals surface area contributed by atoms with Crippen molar-refractivity contribution in [3.8, 4) is 0 Å². The summed E-state index contributed by atoms with van der Waals surface area (Å²) >= 11 is 0. The highest BCUT2D eigenvalue weighted by Gasteiger charge is 2.15. The van der Waals surface area contributed by atoms with Crippen molar-refractivity contribution in [2.45, 2.75) is 19.3 Å². The zero-order valence-electron chi connectivity index (χ0n) is 18.9. The van der Waals surface area contributed by atoms with E-state index in [2.05, 4.69) is 122 Å². The topological polar surface area (TPSA) is 38.0 Å². The van der Waals surface area contributed by atoms with E-state index in [9.17, 15) is 0 Å². The summed E-state index contributed by atoms with van der Waals surface area (Å²) in [4.78, 5) is 0. The van der Waals surface area contributed by atoms with Crippen molar-refractivity contribution in [3.63, 3.8) is 0 Å². The van der Waals surface area contributed by atoms with Crippen molar-refractivity contribution in [3.05, 3.63) is 143 Å². The van der Waals surface area contributed by atoms with Gasteiger partial charge in [-0.15, -0.1) is 0 Å². The van der Waals surface area contributed by atoms with Crippen molar-refractivity contribution in [1.29, 1.82) is 0 Å². The zero-order chi connectivity index (χ0) is 22.8. The van der Waals surface area contributed by atoms with Crippen molar-refractivity contribution >= 4 is 23.0 Å². The van der Waals surface area contributed by atoms with Crippen LogP contribution in [0.1, 0.15) is 41.5 Å². The van der Waals surface area contributed by atoms with Crippen LogP contribution >= 0.6 is 0 Å². The summed E-state index contributed by atoms with van der Waals surface area (Å²) in [6, 6.07) is 15.0. The average molecular weight is 429 g/mol. The van der Waals surface area contributed by atoms with Gasteiger partial charge >= 0.3 is 0 Å². The molecule has 0 bridgehead atoms. The second-order valence-corrected chi connectivity index (χ2v) is 8.68. The van der Waals surface area contributed by atoms with Crippen LogP contribution in [-0.2, 0) is 0 Å². The van der Waals surface area contributed by atoms with Gasteiger partial charge in [0.1, 0.15) is 0 Å². The number of allylic oxidation sites excluding steroid dienone is 12. The SMILES string of the molecule is C=C1/C=C\C=C(/C)c2ccc(C(N)=Cc3cccc(C4C=CC=C4)c3)cc2NC2=C1C=CC2. The average Bonchev–Trinajstić information content (AvgIpc) is 3.51. The molecule has 2 aromatic carbocycles. The van der Waals surface area contributed by atoms with Crippen LogP contribution in [0, 0.1) is 0 Å². The van der Waals surface area contributed by atoms with E-state index in [1.54, 1.807) is 0 Å². The van der Waals surface area contributed by atoms with Gasteiger partial charge in [-0.25, -0.2) is 0 Å². The highest BCUT2D eigenvalue weighted by molar-refractivity contribution is 5.85. The largest absolute Gasteiger partial charge is 0.398 e. The zero-order valence-corrected chi connectivity index (χ0v) is 18.9. The van der Waals surface area contributed by atoms with E-state index in [0.717, 1.165) is 40.1 Å². The van der Waals surface area contributed by atoms with E-state index in [4.69, 9.17) is 5.73 Å². The standard InChI is InChI=1S/C31H28N2/c1-21-8-5-9-22(2)28-17-16-26(20-31(28)33-30-15-7-14-27(21)30)29(32)19-23-10-6-13-25(18-23)24-11-3-4-12-24/h3-14,16-20,24,33H,1,15,32H2,2H3/b8-5-,22-9+,29-19?. The Bertz CT molecular complexity index is 1330. The van der Waals surface area contributed by atoms with E-state index in [1.165, 1.54) is 22.4 Å². The Hall–Kier alpha value is -4.04. The van der Waals surface area contributed by atoms with Gasteiger partial charge in [0.15, 0.2) is 0 Å². The van der Waals surface area contributed by atoms with E-state index in [1.807, 2.05) is 0 Å². The first-order valence-corrected chi connectivity index (χ1v) is 11.4. The molecule has 2 aliphatic carbocycles. The number of nitrogens with one attached hydrogen (secondary N) is 1. The Morgan fingerprint density at radius 1 is 1.06 bits per heavy atom. The first kappa shape index (κ1) is 20.8. The molecular weight excluding hydrogens is 400 g/mol. The molecule has 0 saturated heterocycles. The Balaban J connectivity index is 1.51. The Labute approximate surface area is 196 Å². The summed E-state index contributed by atoms with van der Waals surface area (Å²) in [6.07, 6.45) is 22.1. The van der Waals surface area contributed by atoms with Gasteiger partial charge in [0.05, 0.1) is 0 Å². The lowest BCUT2D eigenvalue weighted by molar-refractivity contribution is 1.10. The molecule has 0 atom stereocenters. The fraction of sp³-hybridized carbons (Fsp3) is 0.0968. The van der Waals surface area contributed by atoms with Gasteiger partial charge in [-0.3, -0.25) is 0 Å². The molecule has 162 valence electrons. The maximum absolute atomic E-state index is 6.59. The van der Waals surface area contributed by atoms with Gasteiger partial charge in [-0.1, -0.05) is 97.7 Å². The molecule has 0 spiro atoms. The maximum Gasteiger partial charge on any atom is 0.0465 e. The summed E-state index contributed by atoms with van der Waals surface area (Å²) in [6.45, 7) is 6.37. The summed E-state index contributed by atoms with van der Waals surface area (Å²) in [5.41, 5.74) is 17.5. The molecule has 3 aliphatic rings. The van der Waals surface area contributed by atoms with Gasteiger partial charge in [0, 0.05) is 40.6 Å². The van der Waals surface area contributed by atoms with Gasteiger partial charge in [0.25, 0.3) is 0 Å². The van der Waals surface area contributed by atoms with Crippen LogP contribution in [0.25, 0.3) is 17.3 Å². The lowest BCUT2D eigenvalue weighted by Gasteiger charge is -2.18. The van der Waals surface area contributed by atoms with Crippen molar-refractivity contribution < 1.29 is 0 Å². The molecule has 3 N–H and O–H groups in total. The van der Waals surface area contributed by atoms with Gasteiger partial charge in [0.2, 0.25) is 0 Å². The molecule has 1 aliphatic heterocycles. The molecule has 2 aromatic rings. The lowest BCUT2D eigenvalue weighted by Crippen LogP contribution is -2.05. The minimum Gasteiger partial charge on any atom is -0.398 e. The molecule has 0 unspecified atom stereocenters. The monoisotopic (exact) mass is 428 g/mol. The molecule has 2 nitrogen and oxygen atoms in total. The summed E-state index contributed by atoms with van der Waals surface area (Å²) in [5.74, 6) is 0.342. The smallest absolute Gasteiger partial charge is 0.0465 e. The molecular formula is C31H28N2. The predicted molar refractivity (Wildman–Crippen MR) is 142 cm³/mol. The lowest BCUT2D eigenvalue weighted by atomic mass is 9.97. The molecule has 0 radical (unpaired) electrons. The second-order valence-electron chi connectivity index (χ2n) is 8.68. The first-order valence-electron chi connectivity index (χ1n) is 11.4. The number of rotatable bonds is 3. The minimum absolute atomic E-state index is 0.342. The maximum atomic E-state index is 6.59. The van der Waals surface area contributed by atoms with Crippen molar-refractivity contribution in [2.75, 3.05) is 5.32 Å². The van der Waals surface area contributed by atoms with Gasteiger partial charge in [-0.2, -0.15) is 0 Å². The van der Waals surface area contributed by atoms with Crippen LogP contribution in [0.2, 0.25) is 0 Å². The summed E-state index contributed by atoms with van der Waals surface area (Å²) in [5, 5.41) is 3.68. The molecule has 33 heavy (non-hydrogen) atoms. The third-order valence-corrected chi connectivity index (χ3v) is 6.35. The van der Waals surface area contributed by atoms with Crippen LogP contribution in [0.4, 0.5) is 5.69 Å². The Kier molecular flexibility index (Phi) is 5.58. The highest BCUT2D eigenvalue weighted by Crippen LogP contribution is 2.33. The third kappa shape index (κ3) is 4.33. The molecule has 0 fully saturated rings. The number of fused-ring (bicyclic) bond motifs is 1. The highest BCUT2D eigenvalue weighted by atomic mass is 14.9. The number of nitrogens with two attached hydrogens (primary N) is 1. The van der Waals surface area contributed by atoms with Crippen LogP contribution in [-0.4, -0.2) is 0 Å². The van der Waals surface area contributed by atoms with Crippen molar-refractivity contribution in [1.82, 2.24) is 0 Å². The molecule has 0 amide bonds. The fourth-order valence-corrected chi connectivity index (χ4v) is 4.52. The number of anilines is 1. The molecule has 2 heteroatoms. The fourth-order valence-electron chi connectivity index (χ4n) is 4.52. The first-order chi connectivity index (χ1) is 16.1. The number of hydrogen-bond donors (Lipinski definition) is 2. The van der Waals surface area contributed by atoms with Crippen LogP contribution in [0.15, 0.2) is 121 Å². The summed E-state index contributed by atoms with van der Waals surface area (Å²) < 4.78 is 0. The second kappa shape index (κ2) is 8.84. The molecule has 1 heterocycles. The summed E-state index contributed by atoms with van der Waals surface area (Å²) in [7, 11) is 0. The van der Waals surface area contributed by atoms with E-state index >= 15 is 0 Å². The molecule has 0 aromatic heterocycles. The van der Waals surface area contributed by atoms with E-state index in [0.29, 0.717) is 5.92 Å². The normalized spacial score (nSPS) is 20.3. The molecule has 0 saturated carbocycles. The van der Waals surface area contributed by atoms with Crippen LogP contribution < -0.4 is 11.1 Å². The van der Waals surface area contributed by atoms with Crippen LogP contribution in [0.5, 0.6) is 0 Å². The van der Waals surface area contributed by atoms with Crippen molar-refractivity contribution in [2.24, 2.45) is 5.73 Å².